The predicted molar refractivity (Wildman–Crippen MR) is 87.3 cm³/mol. The summed E-state index contributed by atoms with van der Waals surface area (Å²) in [5.74, 6) is -1.26. The molecule has 0 fully saturated rings. The molecule has 122 valence electrons. The molecule has 2 aromatic heterocycles. The van der Waals surface area contributed by atoms with Gasteiger partial charge in [0.05, 0.1) is 17.0 Å². The minimum Gasteiger partial charge on any atom is -0.452 e. The molecule has 2 aromatic rings. The maximum Gasteiger partial charge on any atom is 0.321 e. The Morgan fingerprint density at radius 3 is 2.78 bits per heavy atom. The largest absolute Gasteiger partial charge is 0.452 e. The fourth-order valence-corrected chi connectivity index (χ4v) is 3.25. The molecule has 0 spiro atoms. The van der Waals surface area contributed by atoms with E-state index in [1.54, 1.807) is 16.7 Å². The molecular weight excluding hydrogens is 338 g/mol. The molecule has 0 aliphatic carbocycles. The van der Waals surface area contributed by atoms with Crippen LogP contribution in [0.1, 0.15) is 12.6 Å². The number of amides is 3. The number of esters is 1. The maximum absolute atomic E-state index is 11.8. The van der Waals surface area contributed by atoms with E-state index in [2.05, 4.69) is 10.3 Å². The van der Waals surface area contributed by atoms with Gasteiger partial charge in [0.25, 0.3) is 5.91 Å². The fraction of sp³-hybridized carbons (Fsp3) is 0.286. The first-order valence-electron chi connectivity index (χ1n) is 6.70. The molecule has 1 atom stereocenters. The number of carbonyl (C=O) groups is 3. The van der Waals surface area contributed by atoms with E-state index in [0.29, 0.717) is 5.69 Å². The maximum atomic E-state index is 11.8. The van der Waals surface area contributed by atoms with Gasteiger partial charge < -0.3 is 10.1 Å². The van der Waals surface area contributed by atoms with Gasteiger partial charge in [0.15, 0.2) is 6.10 Å². The second kappa shape index (κ2) is 7.84. The van der Waals surface area contributed by atoms with Crippen LogP contribution in [-0.4, -0.2) is 36.0 Å². The SMILES string of the molecule is CNC(=O)NC(=O)[C@H](C)OC(=O)Cc1csc(-c2cccs2)n1. The summed E-state index contributed by atoms with van der Waals surface area (Å²) in [5.41, 5.74) is 0.585. The Bertz CT molecular complexity index is 697. The second-order valence-corrected chi connectivity index (χ2v) is 6.30. The lowest BCUT2D eigenvalue weighted by Gasteiger charge is -2.12. The molecule has 0 saturated carbocycles. The summed E-state index contributed by atoms with van der Waals surface area (Å²) in [6, 6.07) is 3.23. The van der Waals surface area contributed by atoms with Gasteiger partial charge in [-0.15, -0.1) is 22.7 Å². The van der Waals surface area contributed by atoms with Crippen LogP contribution < -0.4 is 10.6 Å². The van der Waals surface area contributed by atoms with E-state index in [9.17, 15) is 14.4 Å². The summed E-state index contributed by atoms with van der Waals surface area (Å²) in [5, 5.41) is 8.86. The van der Waals surface area contributed by atoms with Crippen LogP contribution in [0.25, 0.3) is 9.88 Å². The van der Waals surface area contributed by atoms with Gasteiger partial charge in [-0.2, -0.15) is 0 Å². The number of thiophene rings is 1. The molecule has 7 nitrogen and oxygen atoms in total. The predicted octanol–water partition coefficient (Wildman–Crippen LogP) is 1.80. The van der Waals surface area contributed by atoms with Gasteiger partial charge >= 0.3 is 12.0 Å². The van der Waals surface area contributed by atoms with E-state index in [4.69, 9.17) is 4.74 Å². The van der Waals surface area contributed by atoms with Gasteiger partial charge in [-0.05, 0) is 18.4 Å². The quantitative estimate of drug-likeness (QED) is 0.799. The number of carbonyl (C=O) groups excluding carboxylic acids is 3. The van der Waals surface area contributed by atoms with Crippen LogP contribution in [0.15, 0.2) is 22.9 Å². The number of aromatic nitrogens is 1. The first-order chi connectivity index (χ1) is 11.0. The fourth-order valence-electron chi connectivity index (χ4n) is 1.62. The van der Waals surface area contributed by atoms with Gasteiger partial charge in [-0.1, -0.05) is 6.07 Å². The van der Waals surface area contributed by atoms with Crippen LogP contribution in [0, 0.1) is 0 Å². The minimum atomic E-state index is -1.06. The number of hydrogen-bond donors (Lipinski definition) is 2. The van der Waals surface area contributed by atoms with E-state index in [1.807, 2.05) is 22.8 Å². The highest BCUT2D eigenvalue weighted by Crippen LogP contribution is 2.27. The van der Waals surface area contributed by atoms with Crippen molar-refractivity contribution in [3.8, 4) is 9.88 Å². The average Bonchev–Trinajstić information content (AvgIpc) is 3.17. The molecule has 23 heavy (non-hydrogen) atoms. The number of imide groups is 1. The van der Waals surface area contributed by atoms with E-state index >= 15 is 0 Å². The summed E-state index contributed by atoms with van der Waals surface area (Å²) >= 11 is 3.02. The summed E-state index contributed by atoms with van der Waals surface area (Å²) in [7, 11) is 1.38. The van der Waals surface area contributed by atoms with Crippen molar-refractivity contribution in [1.29, 1.82) is 0 Å². The average molecular weight is 353 g/mol. The molecule has 0 aliphatic heterocycles. The Balaban J connectivity index is 1.87. The van der Waals surface area contributed by atoms with Crippen LogP contribution in [0.5, 0.6) is 0 Å². The molecule has 0 aliphatic rings. The molecule has 0 bridgehead atoms. The topological polar surface area (TPSA) is 97.4 Å². The van der Waals surface area contributed by atoms with Gasteiger partial charge in [-0.3, -0.25) is 14.9 Å². The van der Waals surface area contributed by atoms with Crippen molar-refractivity contribution in [2.45, 2.75) is 19.4 Å². The third kappa shape index (κ3) is 4.86. The van der Waals surface area contributed by atoms with Crippen molar-refractivity contribution in [2.24, 2.45) is 0 Å². The summed E-state index contributed by atoms with van der Waals surface area (Å²) < 4.78 is 5.00. The number of urea groups is 1. The van der Waals surface area contributed by atoms with E-state index in [1.165, 1.54) is 25.3 Å². The highest BCUT2D eigenvalue weighted by molar-refractivity contribution is 7.20. The zero-order chi connectivity index (χ0) is 16.8. The van der Waals surface area contributed by atoms with Crippen molar-refractivity contribution in [3.05, 3.63) is 28.6 Å². The third-order valence-electron chi connectivity index (χ3n) is 2.75. The van der Waals surface area contributed by atoms with Crippen LogP contribution in [0.2, 0.25) is 0 Å². The number of rotatable bonds is 5. The van der Waals surface area contributed by atoms with Crippen LogP contribution in [-0.2, 0) is 20.7 Å². The van der Waals surface area contributed by atoms with Gasteiger partial charge in [0.2, 0.25) is 0 Å². The molecule has 2 heterocycles. The lowest BCUT2D eigenvalue weighted by atomic mass is 10.3. The Morgan fingerprint density at radius 1 is 1.35 bits per heavy atom. The van der Waals surface area contributed by atoms with Crippen molar-refractivity contribution < 1.29 is 19.1 Å². The third-order valence-corrected chi connectivity index (χ3v) is 4.68. The summed E-state index contributed by atoms with van der Waals surface area (Å²) in [6.07, 6.45) is -1.09. The number of ether oxygens (including phenoxy) is 1. The first kappa shape index (κ1) is 17.1. The van der Waals surface area contributed by atoms with Crippen molar-refractivity contribution >= 4 is 40.6 Å². The zero-order valence-corrected chi connectivity index (χ0v) is 14.1. The standard InChI is InChI=1S/C14H15N3O4S2/c1-8(12(19)17-14(20)15-2)21-11(18)6-9-7-23-13(16-9)10-4-3-5-22-10/h3-5,7-8H,6H2,1-2H3,(H2,15,17,19,20)/t8-/m0/s1. The van der Waals surface area contributed by atoms with Crippen LogP contribution >= 0.6 is 22.7 Å². The molecule has 0 saturated heterocycles. The van der Waals surface area contributed by atoms with Crippen LogP contribution in [0.3, 0.4) is 0 Å². The van der Waals surface area contributed by atoms with Crippen LogP contribution in [0.4, 0.5) is 4.79 Å². The molecule has 0 radical (unpaired) electrons. The molecule has 0 aromatic carbocycles. The normalized spacial score (nSPS) is 11.6. The minimum absolute atomic E-state index is 0.0283. The van der Waals surface area contributed by atoms with E-state index in [-0.39, 0.29) is 6.42 Å². The van der Waals surface area contributed by atoms with Gasteiger partial charge in [-0.25, -0.2) is 9.78 Å². The van der Waals surface area contributed by atoms with Crippen molar-refractivity contribution in [3.63, 3.8) is 0 Å². The molecule has 2 rings (SSSR count). The Hall–Kier alpha value is -2.26. The van der Waals surface area contributed by atoms with Crippen molar-refractivity contribution in [1.82, 2.24) is 15.6 Å². The number of nitrogens with zero attached hydrogens (tertiary/aromatic N) is 1. The first-order valence-corrected chi connectivity index (χ1v) is 8.46. The Kier molecular flexibility index (Phi) is 5.83. The summed E-state index contributed by atoms with van der Waals surface area (Å²) in [6.45, 7) is 1.40. The lowest BCUT2D eigenvalue weighted by Crippen LogP contribution is -2.43. The molecule has 9 heteroatoms. The van der Waals surface area contributed by atoms with E-state index in [0.717, 1.165) is 9.88 Å². The monoisotopic (exact) mass is 353 g/mol. The second-order valence-electron chi connectivity index (χ2n) is 4.50. The zero-order valence-electron chi connectivity index (χ0n) is 12.5. The molecule has 0 unspecified atom stereocenters. The molecule has 2 N–H and O–H groups in total. The van der Waals surface area contributed by atoms with Gasteiger partial charge in [0.1, 0.15) is 5.01 Å². The molecular formula is C14H15N3O4S2. The highest BCUT2D eigenvalue weighted by atomic mass is 32.1. The lowest BCUT2D eigenvalue weighted by molar-refractivity contribution is -0.153. The molecule has 3 amide bonds. The Morgan fingerprint density at radius 2 is 2.13 bits per heavy atom. The smallest absolute Gasteiger partial charge is 0.321 e. The number of hydrogen-bond acceptors (Lipinski definition) is 7. The summed E-state index contributed by atoms with van der Waals surface area (Å²) in [4.78, 5) is 39.9. The van der Waals surface area contributed by atoms with Crippen molar-refractivity contribution in [2.75, 3.05) is 7.05 Å². The van der Waals surface area contributed by atoms with Gasteiger partial charge in [0, 0.05) is 12.4 Å². The van der Waals surface area contributed by atoms with E-state index < -0.39 is 24.0 Å². The number of nitrogens with one attached hydrogen (secondary N) is 2. The number of thiazole rings is 1. The highest BCUT2D eigenvalue weighted by Gasteiger charge is 2.20. The Labute approximate surface area is 140 Å².